The van der Waals surface area contributed by atoms with Crippen molar-refractivity contribution in [2.45, 2.75) is 6.42 Å². The van der Waals surface area contributed by atoms with Crippen LogP contribution in [0.1, 0.15) is 32.9 Å². The first kappa shape index (κ1) is 26.4. The number of nitrogens with one attached hydrogen (secondary N) is 1. The van der Waals surface area contributed by atoms with Crippen molar-refractivity contribution in [1.82, 2.24) is 10.2 Å². The van der Waals surface area contributed by atoms with Gasteiger partial charge in [0.25, 0.3) is 5.91 Å². The number of benzene rings is 2. The van der Waals surface area contributed by atoms with E-state index in [1.807, 2.05) is 29.6 Å². The number of ether oxygens (including phenoxy) is 2. The quantitative estimate of drug-likeness (QED) is 0.128. The van der Waals surface area contributed by atoms with Crippen molar-refractivity contribution < 1.29 is 23.5 Å². The maximum Gasteiger partial charge on any atom is 0.287 e. The van der Waals surface area contributed by atoms with E-state index in [0.29, 0.717) is 36.0 Å². The number of nitrogens with zero attached hydrogens (tertiary/aromatic N) is 1. The highest BCUT2D eigenvalue weighted by atomic mass is 127. The first-order valence-electron chi connectivity index (χ1n) is 10.4. The van der Waals surface area contributed by atoms with Crippen molar-refractivity contribution in [3.63, 3.8) is 0 Å². The summed E-state index contributed by atoms with van der Waals surface area (Å²) in [5.41, 5.74) is -0.775. The second kappa shape index (κ2) is 12.0. The molecule has 3 rings (SSSR count). The number of ketones is 1. The standard InChI is InChI=1S/C25H22ClIN2O6/c1-29(12-9-27)11-4-10-28-25(32)24-21(23(31)17-14-16(26)6-8-18(17)35-24)22(30)15-5-7-19(33-2)20(13-15)34-3/h5-8,13-14H,4,10-11H2,1-3H3,(H,28,32). The second-order valence-corrected chi connectivity index (χ2v) is 8.39. The molecule has 0 fully saturated rings. The summed E-state index contributed by atoms with van der Waals surface area (Å²) in [6.45, 7) is 0.909. The molecule has 3 aromatic rings. The zero-order valence-corrected chi connectivity index (χ0v) is 22.2. The fraction of sp³-hybridized carbons (Fsp3) is 0.240. The van der Waals surface area contributed by atoms with Gasteiger partial charge in [0.05, 0.1) is 19.6 Å². The lowest BCUT2D eigenvalue weighted by Crippen LogP contribution is -2.31. The van der Waals surface area contributed by atoms with Crippen LogP contribution in [-0.2, 0) is 0 Å². The fourth-order valence-electron chi connectivity index (χ4n) is 3.38. The van der Waals surface area contributed by atoms with Crippen LogP contribution in [0.25, 0.3) is 11.0 Å². The number of rotatable bonds is 9. The SMILES string of the molecule is COc1ccc(C(=O)c2c(C(=O)NCCCN(C)C#CI)oc3ccc(Cl)cc3c2=O)cc1OC. The highest BCUT2D eigenvalue weighted by molar-refractivity contribution is 14.1. The van der Waals surface area contributed by atoms with Crippen molar-refractivity contribution in [2.24, 2.45) is 0 Å². The molecule has 0 spiro atoms. The zero-order chi connectivity index (χ0) is 25.5. The van der Waals surface area contributed by atoms with Crippen LogP contribution in [0.15, 0.2) is 45.6 Å². The minimum Gasteiger partial charge on any atom is -0.493 e. The number of carbonyl (C=O) groups excluding carboxylic acids is 2. The molecule has 0 bridgehead atoms. The third-order valence-electron chi connectivity index (χ3n) is 5.12. The summed E-state index contributed by atoms with van der Waals surface area (Å²) in [7, 11) is 4.73. The van der Waals surface area contributed by atoms with Crippen molar-refractivity contribution in [3.8, 4) is 21.5 Å². The maximum atomic E-state index is 13.5. The van der Waals surface area contributed by atoms with Crippen molar-refractivity contribution in [2.75, 3.05) is 34.4 Å². The van der Waals surface area contributed by atoms with E-state index < -0.39 is 22.7 Å². The van der Waals surface area contributed by atoms with Crippen molar-refractivity contribution >= 4 is 56.9 Å². The van der Waals surface area contributed by atoms with E-state index in [2.05, 4.69) is 15.3 Å². The van der Waals surface area contributed by atoms with E-state index in [9.17, 15) is 14.4 Å². The average Bonchev–Trinajstić information content (AvgIpc) is 2.86. The van der Waals surface area contributed by atoms with Gasteiger partial charge in [-0.3, -0.25) is 14.4 Å². The molecule has 0 radical (unpaired) electrons. The van der Waals surface area contributed by atoms with Gasteiger partial charge >= 0.3 is 0 Å². The van der Waals surface area contributed by atoms with Crippen LogP contribution >= 0.6 is 34.2 Å². The zero-order valence-electron chi connectivity index (χ0n) is 19.2. The molecule has 0 aliphatic rings. The molecule has 0 aliphatic heterocycles. The Morgan fingerprint density at radius 3 is 2.57 bits per heavy atom. The lowest BCUT2D eigenvalue weighted by molar-refractivity contribution is 0.0912. The molecule has 1 aromatic heterocycles. The summed E-state index contributed by atoms with van der Waals surface area (Å²) in [5, 5.41) is 3.11. The van der Waals surface area contributed by atoms with Gasteiger partial charge in [-0.2, -0.15) is 0 Å². The predicted molar refractivity (Wildman–Crippen MR) is 142 cm³/mol. The van der Waals surface area contributed by atoms with E-state index in [1.165, 1.54) is 44.6 Å². The number of hydrogen-bond acceptors (Lipinski definition) is 7. The van der Waals surface area contributed by atoms with E-state index in [1.54, 1.807) is 11.0 Å². The molecule has 0 saturated carbocycles. The van der Waals surface area contributed by atoms with Crippen LogP contribution in [0.3, 0.4) is 0 Å². The molecule has 1 N–H and O–H groups in total. The molecule has 10 heteroatoms. The molecular weight excluding hydrogens is 587 g/mol. The smallest absolute Gasteiger partial charge is 0.287 e. The molecule has 0 saturated heterocycles. The van der Waals surface area contributed by atoms with Crippen LogP contribution in [0.4, 0.5) is 0 Å². The van der Waals surface area contributed by atoms with Crippen LogP contribution in [-0.4, -0.2) is 50.9 Å². The van der Waals surface area contributed by atoms with Gasteiger partial charge in [-0.1, -0.05) is 11.6 Å². The third kappa shape index (κ3) is 6.07. The first-order chi connectivity index (χ1) is 16.8. The van der Waals surface area contributed by atoms with E-state index in [0.717, 1.165) is 0 Å². The van der Waals surface area contributed by atoms with Crippen LogP contribution in [0, 0.1) is 9.97 Å². The minimum absolute atomic E-state index is 0.0943. The van der Waals surface area contributed by atoms with Gasteiger partial charge in [-0.25, -0.2) is 0 Å². The Labute approximate surface area is 220 Å². The van der Waals surface area contributed by atoms with Gasteiger partial charge in [-0.15, -0.1) is 0 Å². The molecule has 0 unspecified atom stereocenters. The van der Waals surface area contributed by atoms with Crippen molar-refractivity contribution in [1.29, 1.82) is 0 Å². The number of methoxy groups -OCH3 is 2. The average molecular weight is 609 g/mol. The largest absolute Gasteiger partial charge is 0.493 e. The lowest BCUT2D eigenvalue weighted by atomic mass is 9.99. The van der Waals surface area contributed by atoms with Crippen molar-refractivity contribution in [3.05, 3.63) is 68.5 Å². The fourth-order valence-corrected chi connectivity index (χ4v) is 3.97. The second-order valence-electron chi connectivity index (χ2n) is 7.41. The summed E-state index contributed by atoms with van der Waals surface area (Å²) in [6, 6.07) is 11.8. The third-order valence-corrected chi connectivity index (χ3v) is 5.60. The molecular formula is C25H22ClIN2O6. The lowest BCUT2D eigenvalue weighted by Gasteiger charge is -2.13. The molecule has 182 valence electrons. The van der Waals surface area contributed by atoms with Gasteiger partial charge < -0.3 is 24.1 Å². The Hall–Kier alpha value is -3.23. The van der Waals surface area contributed by atoms with Crippen LogP contribution in [0.5, 0.6) is 11.5 Å². The molecule has 8 nitrogen and oxygen atoms in total. The van der Waals surface area contributed by atoms with Crippen LogP contribution < -0.4 is 20.2 Å². The number of hydrogen-bond donors (Lipinski definition) is 1. The minimum atomic E-state index is -0.691. The number of carbonyl (C=O) groups is 2. The van der Waals surface area contributed by atoms with Gasteiger partial charge in [0.1, 0.15) is 11.1 Å². The number of amides is 1. The maximum absolute atomic E-state index is 13.5. The molecule has 1 heterocycles. The van der Waals surface area contributed by atoms with E-state index in [4.69, 9.17) is 25.5 Å². The predicted octanol–water partition coefficient (Wildman–Crippen LogP) is 4.10. The Bertz CT molecular complexity index is 1390. The highest BCUT2D eigenvalue weighted by Gasteiger charge is 2.27. The Morgan fingerprint density at radius 2 is 1.89 bits per heavy atom. The summed E-state index contributed by atoms with van der Waals surface area (Å²) >= 11 is 8.00. The number of fused-ring (bicyclic) bond motifs is 1. The summed E-state index contributed by atoms with van der Waals surface area (Å²) in [4.78, 5) is 41.7. The number of halogens is 2. The highest BCUT2D eigenvalue weighted by Crippen LogP contribution is 2.29. The van der Waals surface area contributed by atoms with Gasteiger partial charge in [-0.05, 0) is 46.7 Å². The normalized spacial score (nSPS) is 10.3. The summed E-state index contributed by atoms with van der Waals surface area (Å²) < 4.78 is 19.0. The molecule has 0 aliphatic carbocycles. The molecule has 35 heavy (non-hydrogen) atoms. The summed E-state index contributed by atoms with van der Waals surface area (Å²) in [5.74, 6) is -1.02. The van der Waals surface area contributed by atoms with E-state index in [-0.39, 0.29) is 22.3 Å². The summed E-state index contributed by atoms with van der Waals surface area (Å²) in [6.07, 6.45) is 0.597. The molecule has 0 atom stereocenters. The van der Waals surface area contributed by atoms with Crippen LogP contribution in [0.2, 0.25) is 5.02 Å². The Kier molecular flexibility index (Phi) is 9.01. The molecule has 2 aromatic carbocycles. The molecule has 1 amide bonds. The topological polar surface area (TPSA) is 98.1 Å². The van der Waals surface area contributed by atoms with Gasteiger partial charge in [0.15, 0.2) is 11.5 Å². The monoisotopic (exact) mass is 608 g/mol. The Morgan fingerprint density at radius 1 is 1.14 bits per heavy atom. The first-order valence-corrected chi connectivity index (χ1v) is 11.9. The van der Waals surface area contributed by atoms with Gasteiger partial charge in [0.2, 0.25) is 17.0 Å². The van der Waals surface area contributed by atoms with E-state index >= 15 is 0 Å². The Balaban J connectivity index is 2.03. The van der Waals surface area contributed by atoms with Gasteiger partial charge in [0, 0.05) is 59.4 Å².